The number of aliphatic hydroxyl groups excluding tert-OH is 2. The maximum absolute atomic E-state index is 9.60. The number of hydrogen-bond donors (Lipinski definition) is 4. The van der Waals surface area contributed by atoms with Gasteiger partial charge in [-0.3, -0.25) is 0 Å². The molecule has 4 N–H and O–H groups in total. The smallest absolute Gasteiger partial charge is 0.157 e. The van der Waals surface area contributed by atoms with Gasteiger partial charge in [-0.1, -0.05) is 11.2 Å². The normalized spacial score (nSPS) is 13.9. The first-order chi connectivity index (χ1) is 7.56. The highest BCUT2D eigenvalue weighted by atomic mass is 16.3. The van der Waals surface area contributed by atoms with E-state index in [1.54, 1.807) is 0 Å². The Kier molecular flexibility index (Phi) is 3.96. The largest absolute Gasteiger partial charge is 0.504 e. The fourth-order valence-electron chi connectivity index (χ4n) is 1.17. The number of phenolic OH excluding ortho intramolecular Hbond substituents is 2. The Hall–Kier alpha value is -1.95. The van der Waals surface area contributed by atoms with Crippen molar-refractivity contribution < 1.29 is 20.4 Å². The molecule has 0 amide bonds. The van der Waals surface area contributed by atoms with Gasteiger partial charge in [-0.15, -0.1) is 0 Å². The van der Waals surface area contributed by atoms with Crippen LogP contribution < -0.4 is 0 Å². The second-order valence-corrected chi connectivity index (χ2v) is 3.17. The number of benzene rings is 1. The van der Waals surface area contributed by atoms with Crippen molar-refractivity contribution in [1.82, 2.24) is 0 Å². The maximum atomic E-state index is 9.60. The van der Waals surface area contributed by atoms with Crippen molar-refractivity contribution in [2.24, 2.45) is 5.11 Å². The van der Waals surface area contributed by atoms with E-state index >= 15 is 0 Å². The quantitative estimate of drug-likeness (QED) is 0.261. The van der Waals surface area contributed by atoms with Crippen molar-refractivity contribution in [2.75, 3.05) is 6.54 Å². The predicted molar refractivity (Wildman–Crippen MR) is 54.8 cm³/mol. The highest BCUT2D eigenvalue weighted by Gasteiger charge is 2.18. The first kappa shape index (κ1) is 12.1. The first-order valence-electron chi connectivity index (χ1n) is 4.45. The number of azide groups is 1. The van der Waals surface area contributed by atoms with Gasteiger partial charge in [0.15, 0.2) is 11.5 Å². The summed E-state index contributed by atoms with van der Waals surface area (Å²) in [6, 6.07) is 3.66. The second-order valence-electron chi connectivity index (χ2n) is 3.17. The molecule has 7 heteroatoms. The lowest BCUT2D eigenvalue weighted by Crippen LogP contribution is -2.20. The summed E-state index contributed by atoms with van der Waals surface area (Å²) in [6.45, 7) is -0.278. The molecule has 16 heavy (non-hydrogen) atoms. The Bertz CT molecular complexity index is 417. The van der Waals surface area contributed by atoms with Crippen LogP contribution in [0.1, 0.15) is 11.7 Å². The Balaban J connectivity index is 2.82. The number of nitrogens with zero attached hydrogens (tertiary/aromatic N) is 3. The van der Waals surface area contributed by atoms with Crippen LogP contribution in [-0.4, -0.2) is 33.1 Å². The fourth-order valence-corrected chi connectivity index (χ4v) is 1.17. The summed E-state index contributed by atoms with van der Waals surface area (Å²) in [7, 11) is 0. The van der Waals surface area contributed by atoms with Crippen molar-refractivity contribution in [2.45, 2.75) is 12.2 Å². The Morgan fingerprint density at radius 3 is 2.50 bits per heavy atom. The minimum Gasteiger partial charge on any atom is -0.504 e. The van der Waals surface area contributed by atoms with Gasteiger partial charge in [0.1, 0.15) is 6.10 Å². The van der Waals surface area contributed by atoms with Crippen LogP contribution in [0.25, 0.3) is 10.4 Å². The van der Waals surface area contributed by atoms with Gasteiger partial charge in [0.2, 0.25) is 0 Å². The average molecular weight is 225 g/mol. The summed E-state index contributed by atoms with van der Waals surface area (Å²) in [4.78, 5) is 2.45. The van der Waals surface area contributed by atoms with Gasteiger partial charge in [-0.25, -0.2) is 0 Å². The predicted octanol–water partition coefficient (Wildman–Crippen LogP) is 0.802. The number of aliphatic hydroxyl groups is 2. The van der Waals surface area contributed by atoms with E-state index in [9.17, 15) is 15.3 Å². The van der Waals surface area contributed by atoms with E-state index in [1.807, 2.05) is 0 Å². The molecule has 7 nitrogen and oxygen atoms in total. The molecule has 0 spiro atoms. The molecule has 2 unspecified atom stereocenters. The van der Waals surface area contributed by atoms with Crippen molar-refractivity contribution in [3.63, 3.8) is 0 Å². The van der Waals surface area contributed by atoms with E-state index in [-0.39, 0.29) is 17.9 Å². The summed E-state index contributed by atoms with van der Waals surface area (Å²) < 4.78 is 0. The standard InChI is InChI=1S/C9H11N3O4/c10-12-11-4-8(15)9(16)5-1-2-6(13)7(14)3-5/h1-3,8-9,13-16H,4H2. The molecule has 1 rings (SSSR count). The molecule has 0 aliphatic rings. The van der Waals surface area contributed by atoms with Crippen LogP contribution in [-0.2, 0) is 0 Å². The van der Waals surface area contributed by atoms with Crippen LogP contribution >= 0.6 is 0 Å². The minimum atomic E-state index is -1.29. The molecule has 1 aromatic rings. The van der Waals surface area contributed by atoms with Crippen LogP contribution in [0, 0.1) is 0 Å². The van der Waals surface area contributed by atoms with Crippen molar-refractivity contribution >= 4 is 0 Å². The van der Waals surface area contributed by atoms with Gasteiger partial charge in [0.25, 0.3) is 0 Å². The third kappa shape index (κ3) is 2.77. The monoisotopic (exact) mass is 225 g/mol. The average Bonchev–Trinajstić information content (AvgIpc) is 2.28. The Morgan fingerprint density at radius 2 is 1.94 bits per heavy atom. The molecule has 0 fully saturated rings. The number of aromatic hydroxyl groups is 2. The zero-order valence-corrected chi connectivity index (χ0v) is 8.22. The van der Waals surface area contributed by atoms with E-state index in [2.05, 4.69) is 10.0 Å². The van der Waals surface area contributed by atoms with E-state index in [0.29, 0.717) is 0 Å². The van der Waals surface area contributed by atoms with Crippen LogP contribution in [0.15, 0.2) is 23.3 Å². The highest BCUT2D eigenvalue weighted by Crippen LogP contribution is 2.28. The van der Waals surface area contributed by atoms with Crippen LogP contribution in [0.3, 0.4) is 0 Å². The molecule has 0 aliphatic carbocycles. The van der Waals surface area contributed by atoms with E-state index in [4.69, 9.17) is 10.6 Å². The molecule has 0 saturated heterocycles. The summed E-state index contributed by atoms with van der Waals surface area (Å²) in [5.74, 6) is -0.715. The van der Waals surface area contributed by atoms with Gasteiger partial charge < -0.3 is 20.4 Å². The molecule has 0 aliphatic heterocycles. The maximum Gasteiger partial charge on any atom is 0.157 e. The number of hydrogen-bond acceptors (Lipinski definition) is 5. The van der Waals surface area contributed by atoms with Crippen LogP contribution in [0.4, 0.5) is 0 Å². The van der Waals surface area contributed by atoms with Gasteiger partial charge >= 0.3 is 0 Å². The third-order valence-electron chi connectivity index (χ3n) is 2.04. The second kappa shape index (κ2) is 5.22. The Morgan fingerprint density at radius 1 is 1.25 bits per heavy atom. The number of rotatable bonds is 4. The zero-order chi connectivity index (χ0) is 12.1. The molecule has 86 valence electrons. The van der Waals surface area contributed by atoms with Crippen LogP contribution in [0.2, 0.25) is 0 Å². The molecule has 0 bridgehead atoms. The van der Waals surface area contributed by atoms with Gasteiger partial charge in [-0.05, 0) is 23.2 Å². The highest BCUT2D eigenvalue weighted by molar-refractivity contribution is 5.41. The number of phenols is 2. The summed E-state index contributed by atoms with van der Waals surface area (Å²) in [5.41, 5.74) is 8.26. The fraction of sp³-hybridized carbons (Fsp3) is 0.333. The zero-order valence-electron chi connectivity index (χ0n) is 8.22. The molecule has 0 aromatic heterocycles. The minimum absolute atomic E-state index is 0.218. The molecule has 1 aromatic carbocycles. The van der Waals surface area contributed by atoms with E-state index in [1.165, 1.54) is 12.1 Å². The summed E-state index contributed by atoms with van der Waals surface area (Å²) in [6.07, 6.45) is -2.56. The molecule has 0 heterocycles. The van der Waals surface area contributed by atoms with Crippen molar-refractivity contribution in [3.8, 4) is 11.5 Å². The third-order valence-corrected chi connectivity index (χ3v) is 2.04. The van der Waals surface area contributed by atoms with Gasteiger partial charge in [0, 0.05) is 4.91 Å². The molecule has 0 radical (unpaired) electrons. The van der Waals surface area contributed by atoms with E-state index in [0.717, 1.165) is 6.07 Å². The molecule has 0 saturated carbocycles. The summed E-state index contributed by atoms with van der Waals surface area (Å²) >= 11 is 0. The topological polar surface area (TPSA) is 130 Å². The van der Waals surface area contributed by atoms with E-state index < -0.39 is 18.0 Å². The van der Waals surface area contributed by atoms with Crippen molar-refractivity contribution in [1.29, 1.82) is 0 Å². The molecular formula is C9H11N3O4. The lowest BCUT2D eigenvalue weighted by atomic mass is 10.0. The molecule has 2 atom stereocenters. The van der Waals surface area contributed by atoms with Crippen molar-refractivity contribution in [3.05, 3.63) is 34.2 Å². The first-order valence-corrected chi connectivity index (χ1v) is 4.45. The van der Waals surface area contributed by atoms with Crippen LogP contribution in [0.5, 0.6) is 11.5 Å². The van der Waals surface area contributed by atoms with Gasteiger partial charge in [-0.2, -0.15) is 0 Å². The molecular weight excluding hydrogens is 214 g/mol. The lowest BCUT2D eigenvalue weighted by molar-refractivity contribution is 0.0242. The summed E-state index contributed by atoms with van der Waals surface area (Å²) in [5, 5.41) is 40.4. The SMILES string of the molecule is [N-]=[N+]=NCC(O)C(O)c1ccc(O)c(O)c1. The Labute approximate surface area is 90.8 Å². The van der Waals surface area contributed by atoms with Gasteiger partial charge in [0.05, 0.1) is 12.6 Å². The lowest BCUT2D eigenvalue weighted by Gasteiger charge is -2.16.